The molecule has 6 nitrogen and oxygen atoms in total. The fourth-order valence-corrected chi connectivity index (χ4v) is 2.14. The zero-order chi connectivity index (χ0) is 13.6. The molecule has 0 aromatic heterocycles. The zero-order valence-electron chi connectivity index (χ0n) is 10.00. The van der Waals surface area contributed by atoms with Gasteiger partial charge in [0.15, 0.2) is 0 Å². The van der Waals surface area contributed by atoms with Crippen LogP contribution in [-0.4, -0.2) is 26.3 Å². The number of ether oxygens (including phenoxy) is 1. The summed E-state index contributed by atoms with van der Waals surface area (Å²) in [6.07, 6.45) is -0.671. The maximum absolute atomic E-state index is 11.3. The summed E-state index contributed by atoms with van der Waals surface area (Å²) in [6.45, 7) is 1.67. The van der Waals surface area contributed by atoms with E-state index in [2.05, 4.69) is 5.32 Å². The molecule has 1 aromatic carbocycles. The van der Waals surface area contributed by atoms with Crippen LogP contribution >= 0.6 is 0 Å². The molecular formula is C11H16N2O4S. The number of hydrogen-bond acceptors (Lipinski definition) is 4. The summed E-state index contributed by atoms with van der Waals surface area (Å²) in [6, 6.07) is 8.57. The highest BCUT2D eigenvalue weighted by atomic mass is 32.2. The number of nitrogens with one attached hydrogen (secondary N) is 1. The van der Waals surface area contributed by atoms with Crippen molar-refractivity contribution in [3.63, 3.8) is 0 Å². The maximum Gasteiger partial charge on any atom is 0.407 e. The molecule has 1 rings (SSSR count). The van der Waals surface area contributed by atoms with Crippen LogP contribution in [0.2, 0.25) is 0 Å². The van der Waals surface area contributed by atoms with Crippen LogP contribution in [0.3, 0.4) is 0 Å². The summed E-state index contributed by atoms with van der Waals surface area (Å²) in [5.41, 5.74) is 0.853. The van der Waals surface area contributed by atoms with Crippen LogP contribution in [-0.2, 0) is 21.4 Å². The lowest BCUT2D eigenvalue weighted by Gasteiger charge is -2.12. The third-order valence-electron chi connectivity index (χ3n) is 2.06. The average molecular weight is 272 g/mol. The van der Waals surface area contributed by atoms with Gasteiger partial charge in [-0.15, -0.1) is 0 Å². The average Bonchev–Trinajstić information content (AvgIpc) is 2.25. The molecule has 0 bridgehead atoms. The van der Waals surface area contributed by atoms with Crippen molar-refractivity contribution in [3.05, 3.63) is 35.9 Å². The molecule has 18 heavy (non-hydrogen) atoms. The molecular weight excluding hydrogens is 256 g/mol. The number of primary sulfonamides is 1. The lowest BCUT2D eigenvalue weighted by molar-refractivity contribution is 0.137. The Morgan fingerprint density at radius 2 is 2.00 bits per heavy atom. The maximum atomic E-state index is 11.3. The highest BCUT2D eigenvalue weighted by Gasteiger charge is 2.14. The summed E-state index contributed by atoms with van der Waals surface area (Å²) in [5, 5.41) is 7.24. The smallest absolute Gasteiger partial charge is 0.407 e. The number of carbonyl (C=O) groups is 1. The number of carbonyl (C=O) groups excluding carboxylic acids is 1. The van der Waals surface area contributed by atoms with E-state index in [0.717, 1.165) is 5.56 Å². The molecule has 0 fully saturated rings. The highest BCUT2D eigenvalue weighted by Crippen LogP contribution is 2.00. The van der Waals surface area contributed by atoms with E-state index in [4.69, 9.17) is 9.88 Å². The summed E-state index contributed by atoms with van der Waals surface area (Å²) in [7, 11) is -3.61. The number of nitrogens with two attached hydrogens (primary N) is 1. The molecule has 3 N–H and O–H groups in total. The van der Waals surface area contributed by atoms with Gasteiger partial charge in [0.25, 0.3) is 0 Å². The molecule has 0 unspecified atom stereocenters. The van der Waals surface area contributed by atoms with Crippen LogP contribution in [0.15, 0.2) is 30.3 Å². The van der Waals surface area contributed by atoms with Gasteiger partial charge in [-0.1, -0.05) is 30.3 Å². The monoisotopic (exact) mass is 272 g/mol. The molecule has 100 valence electrons. The van der Waals surface area contributed by atoms with E-state index >= 15 is 0 Å². The molecule has 0 saturated carbocycles. The van der Waals surface area contributed by atoms with Crippen molar-refractivity contribution < 1.29 is 17.9 Å². The molecule has 0 saturated heterocycles. The van der Waals surface area contributed by atoms with Gasteiger partial charge >= 0.3 is 6.09 Å². The van der Waals surface area contributed by atoms with Crippen molar-refractivity contribution >= 4 is 16.1 Å². The zero-order valence-corrected chi connectivity index (χ0v) is 10.8. The molecule has 0 aliphatic rings. The second-order valence-corrected chi connectivity index (χ2v) is 5.60. The number of alkyl carbamates (subject to hydrolysis) is 1. The second-order valence-electron chi connectivity index (χ2n) is 3.94. The Kier molecular flexibility index (Phi) is 5.11. The Morgan fingerprint density at radius 3 is 2.56 bits per heavy atom. The molecule has 1 amide bonds. The number of amides is 1. The third-order valence-corrected chi connectivity index (χ3v) is 3.02. The molecule has 0 aliphatic heterocycles. The van der Waals surface area contributed by atoms with E-state index < -0.39 is 22.2 Å². The number of sulfonamides is 1. The molecule has 7 heteroatoms. The minimum Gasteiger partial charge on any atom is -0.445 e. The van der Waals surface area contributed by atoms with Crippen LogP contribution < -0.4 is 10.5 Å². The number of hydrogen-bond donors (Lipinski definition) is 2. The Hall–Kier alpha value is -1.60. The third kappa shape index (κ3) is 6.21. The van der Waals surface area contributed by atoms with Crippen LogP contribution in [0, 0.1) is 0 Å². The Labute approximate surface area is 106 Å². The predicted octanol–water partition coefficient (Wildman–Crippen LogP) is 0.590. The number of benzene rings is 1. The van der Waals surface area contributed by atoms with Crippen molar-refractivity contribution in [3.8, 4) is 0 Å². The highest BCUT2D eigenvalue weighted by molar-refractivity contribution is 7.89. The van der Waals surface area contributed by atoms with Gasteiger partial charge in [0, 0.05) is 6.04 Å². The lowest BCUT2D eigenvalue weighted by Crippen LogP contribution is -2.39. The number of rotatable bonds is 5. The second kappa shape index (κ2) is 6.36. The van der Waals surface area contributed by atoms with Crippen molar-refractivity contribution in [2.45, 2.75) is 19.6 Å². The van der Waals surface area contributed by atoms with Crippen LogP contribution in [0.1, 0.15) is 12.5 Å². The summed E-state index contributed by atoms with van der Waals surface area (Å²) < 4.78 is 26.5. The van der Waals surface area contributed by atoms with Gasteiger partial charge in [-0.05, 0) is 12.5 Å². The molecule has 0 heterocycles. The first-order valence-electron chi connectivity index (χ1n) is 5.34. The summed E-state index contributed by atoms with van der Waals surface area (Å²) in [5.74, 6) is -0.326. The minimum atomic E-state index is -3.61. The minimum absolute atomic E-state index is 0.134. The molecule has 0 spiro atoms. The van der Waals surface area contributed by atoms with Crippen LogP contribution in [0.25, 0.3) is 0 Å². The standard InChI is InChI=1S/C11H16N2O4S/c1-9(8-18(12,15)16)13-11(14)17-7-10-5-3-2-4-6-10/h2-6,9H,7-8H2,1H3,(H,13,14)(H2,12,15,16)/t9-/m1/s1. The molecule has 1 aromatic rings. The van der Waals surface area contributed by atoms with Gasteiger partial charge in [-0.3, -0.25) is 0 Å². The van der Waals surface area contributed by atoms with Crippen molar-refractivity contribution in [2.24, 2.45) is 5.14 Å². The first-order valence-corrected chi connectivity index (χ1v) is 7.06. The first kappa shape index (κ1) is 14.5. The largest absolute Gasteiger partial charge is 0.445 e. The topological polar surface area (TPSA) is 98.5 Å². The van der Waals surface area contributed by atoms with Gasteiger partial charge < -0.3 is 10.1 Å². The lowest BCUT2D eigenvalue weighted by atomic mass is 10.2. The summed E-state index contributed by atoms with van der Waals surface area (Å²) >= 11 is 0. The van der Waals surface area contributed by atoms with E-state index in [1.165, 1.54) is 6.92 Å². The fourth-order valence-electron chi connectivity index (χ4n) is 1.36. The molecule has 0 aliphatic carbocycles. The van der Waals surface area contributed by atoms with Crippen molar-refractivity contribution in [2.75, 3.05) is 5.75 Å². The Morgan fingerprint density at radius 1 is 1.39 bits per heavy atom. The van der Waals surface area contributed by atoms with Crippen molar-refractivity contribution in [1.82, 2.24) is 5.32 Å². The Bertz CT molecular complexity index is 487. The Balaban J connectivity index is 2.34. The van der Waals surface area contributed by atoms with E-state index in [0.29, 0.717) is 0 Å². The predicted molar refractivity (Wildman–Crippen MR) is 67.2 cm³/mol. The normalized spacial score (nSPS) is 12.8. The SMILES string of the molecule is C[C@H](CS(N)(=O)=O)NC(=O)OCc1ccccc1. The van der Waals surface area contributed by atoms with Gasteiger partial charge in [0.1, 0.15) is 6.61 Å². The van der Waals surface area contributed by atoms with Crippen LogP contribution in [0.5, 0.6) is 0 Å². The van der Waals surface area contributed by atoms with Gasteiger partial charge in [-0.2, -0.15) is 0 Å². The molecule has 0 radical (unpaired) electrons. The first-order chi connectivity index (χ1) is 8.37. The van der Waals surface area contributed by atoms with E-state index in [9.17, 15) is 13.2 Å². The van der Waals surface area contributed by atoms with Crippen LogP contribution in [0.4, 0.5) is 4.79 Å². The fraction of sp³-hybridized carbons (Fsp3) is 0.364. The van der Waals surface area contributed by atoms with Gasteiger partial charge in [-0.25, -0.2) is 18.4 Å². The molecule has 1 atom stereocenters. The summed E-state index contributed by atoms with van der Waals surface area (Å²) in [4.78, 5) is 11.3. The quantitative estimate of drug-likeness (QED) is 0.819. The van der Waals surface area contributed by atoms with Gasteiger partial charge in [0.05, 0.1) is 5.75 Å². The van der Waals surface area contributed by atoms with E-state index in [-0.39, 0.29) is 12.4 Å². The van der Waals surface area contributed by atoms with E-state index in [1.807, 2.05) is 30.3 Å². The van der Waals surface area contributed by atoms with E-state index in [1.54, 1.807) is 0 Å². The van der Waals surface area contributed by atoms with Gasteiger partial charge in [0.2, 0.25) is 10.0 Å². The van der Waals surface area contributed by atoms with Crippen molar-refractivity contribution in [1.29, 1.82) is 0 Å².